The molecule has 2 unspecified atom stereocenters. The number of hydrogen-bond acceptors (Lipinski definition) is 3. The van der Waals surface area contributed by atoms with Gasteiger partial charge in [-0.05, 0) is 33.6 Å². The van der Waals surface area contributed by atoms with Crippen molar-refractivity contribution in [2.75, 3.05) is 19.6 Å². The predicted octanol–water partition coefficient (Wildman–Crippen LogP) is 0.764. The van der Waals surface area contributed by atoms with Crippen LogP contribution in [0.25, 0.3) is 0 Å². The number of nitrogens with zero attached hydrogens (tertiary/aromatic N) is 1. The van der Waals surface area contributed by atoms with Crippen LogP contribution < -0.4 is 5.32 Å². The lowest BCUT2D eigenvalue weighted by Crippen LogP contribution is -2.59. The Morgan fingerprint density at radius 3 is 2.75 bits per heavy atom. The minimum absolute atomic E-state index is 0.0259. The molecular weight excluding hydrogens is 204 g/mol. The molecule has 1 amide bonds. The SMILES string of the molecule is CC1CCC(C(=O)N2CCNC(C)(C)C2)O1. The number of nitrogens with one attached hydrogen (secondary N) is 1. The van der Waals surface area contributed by atoms with Crippen molar-refractivity contribution in [2.45, 2.75) is 51.4 Å². The van der Waals surface area contributed by atoms with Crippen molar-refractivity contribution in [3.63, 3.8) is 0 Å². The van der Waals surface area contributed by atoms with Crippen molar-refractivity contribution in [3.8, 4) is 0 Å². The minimum atomic E-state index is -0.191. The van der Waals surface area contributed by atoms with Gasteiger partial charge < -0.3 is 15.0 Å². The highest BCUT2D eigenvalue weighted by atomic mass is 16.5. The van der Waals surface area contributed by atoms with Crippen LogP contribution >= 0.6 is 0 Å². The molecule has 0 aromatic rings. The second-order valence-electron chi connectivity index (χ2n) is 5.58. The number of rotatable bonds is 1. The minimum Gasteiger partial charge on any atom is -0.365 e. The van der Waals surface area contributed by atoms with Crippen molar-refractivity contribution in [3.05, 3.63) is 0 Å². The fourth-order valence-electron chi connectivity index (χ4n) is 2.52. The summed E-state index contributed by atoms with van der Waals surface area (Å²) < 4.78 is 5.63. The molecule has 1 N–H and O–H groups in total. The predicted molar refractivity (Wildman–Crippen MR) is 62.2 cm³/mol. The zero-order valence-corrected chi connectivity index (χ0v) is 10.5. The third kappa shape index (κ3) is 2.55. The number of ether oxygens (including phenoxy) is 1. The van der Waals surface area contributed by atoms with E-state index in [0.717, 1.165) is 32.5 Å². The van der Waals surface area contributed by atoms with E-state index in [1.165, 1.54) is 0 Å². The quantitative estimate of drug-likeness (QED) is 0.718. The third-order valence-electron chi connectivity index (χ3n) is 3.39. The first-order chi connectivity index (χ1) is 7.48. The lowest BCUT2D eigenvalue weighted by atomic mass is 10.0. The Morgan fingerprint density at radius 1 is 1.44 bits per heavy atom. The van der Waals surface area contributed by atoms with Crippen molar-refractivity contribution >= 4 is 5.91 Å². The molecule has 2 rings (SSSR count). The monoisotopic (exact) mass is 226 g/mol. The Morgan fingerprint density at radius 2 is 2.19 bits per heavy atom. The maximum atomic E-state index is 12.2. The normalized spacial score (nSPS) is 34.1. The summed E-state index contributed by atoms with van der Waals surface area (Å²) in [6.45, 7) is 8.75. The molecule has 0 aliphatic carbocycles. The van der Waals surface area contributed by atoms with Gasteiger partial charge in [0.25, 0.3) is 5.91 Å². The van der Waals surface area contributed by atoms with Gasteiger partial charge >= 0.3 is 0 Å². The Bertz CT molecular complexity index is 278. The zero-order valence-electron chi connectivity index (χ0n) is 10.5. The van der Waals surface area contributed by atoms with Gasteiger partial charge in [0, 0.05) is 25.2 Å². The van der Waals surface area contributed by atoms with Crippen LogP contribution in [-0.4, -0.2) is 48.2 Å². The van der Waals surface area contributed by atoms with Gasteiger partial charge in [0.1, 0.15) is 6.10 Å². The van der Waals surface area contributed by atoms with E-state index in [1.807, 2.05) is 11.8 Å². The molecule has 2 heterocycles. The standard InChI is InChI=1S/C12H22N2O2/c1-9-4-5-10(16-9)11(15)14-7-6-13-12(2,3)8-14/h9-10,13H,4-8H2,1-3H3. The van der Waals surface area contributed by atoms with Gasteiger partial charge in [0.15, 0.2) is 0 Å². The number of carbonyl (C=O) groups is 1. The van der Waals surface area contributed by atoms with Crippen LogP contribution in [0.1, 0.15) is 33.6 Å². The summed E-state index contributed by atoms with van der Waals surface area (Å²) in [6.07, 6.45) is 1.93. The lowest BCUT2D eigenvalue weighted by Gasteiger charge is -2.39. The molecule has 2 atom stereocenters. The molecule has 0 aromatic carbocycles. The molecular formula is C12H22N2O2. The number of carbonyl (C=O) groups excluding carboxylic acids is 1. The molecule has 0 aromatic heterocycles. The highest BCUT2D eigenvalue weighted by Gasteiger charge is 2.35. The fourth-order valence-corrected chi connectivity index (χ4v) is 2.52. The highest BCUT2D eigenvalue weighted by Crippen LogP contribution is 2.22. The van der Waals surface area contributed by atoms with Crippen molar-refractivity contribution < 1.29 is 9.53 Å². The number of hydrogen-bond donors (Lipinski definition) is 1. The molecule has 2 aliphatic heterocycles. The van der Waals surface area contributed by atoms with Gasteiger partial charge in [-0.3, -0.25) is 4.79 Å². The van der Waals surface area contributed by atoms with Crippen molar-refractivity contribution in [1.82, 2.24) is 10.2 Å². The van der Waals surface area contributed by atoms with Crippen LogP contribution in [0.5, 0.6) is 0 Å². The van der Waals surface area contributed by atoms with E-state index >= 15 is 0 Å². The average molecular weight is 226 g/mol. The molecule has 2 saturated heterocycles. The van der Waals surface area contributed by atoms with Gasteiger partial charge in [0.05, 0.1) is 6.10 Å². The Kier molecular flexibility index (Phi) is 3.22. The number of amides is 1. The first-order valence-corrected chi connectivity index (χ1v) is 6.17. The first kappa shape index (κ1) is 11.9. The highest BCUT2D eigenvalue weighted by molar-refractivity contribution is 5.81. The fraction of sp³-hybridized carbons (Fsp3) is 0.917. The maximum Gasteiger partial charge on any atom is 0.251 e. The van der Waals surface area contributed by atoms with Crippen LogP contribution in [0.3, 0.4) is 0 Å². The van der Waals surface area contributed by atoms with E-state index < -0.39 is 0 Å². The van der Waals surface area contributed by atoms with Crippen LogP contribution in [0.15, 0.2) is 0 Å². The van der Waals surface area contributed by atoms with Crippen LogP contribution in [-0.2, 0) is 9.53 Å². The molecule has 4 nitrogen and oxygen atoms in total. The molecule has 2 aliphatic rings. The Balaban J connectivity index is 1.94. The molecule has 0 radical (unpaired) electrons. The van der Waals surface area contributed by atoms with E-state index in [0.29, 0.717) is 0 Å². The summed E-state index contributed by atoms with van der Waals surface area (Å²) in [5, 5.41) is 3.41. The van der Waals surface area contributed by atoms with Gasteiger partial charge in [-0.1, -0.05) is 0 Å². The molecule has 0 bridgehead atoms. The number of piperazine rings is 1. The second kappa shape index (κ2) is 4.34. The van der Waals surface area contributed by atoms with Crippen LogP contribution in [0.2, 0.25) is 0 Å². The van der Waals surface area contributed by atoms with E-state index in [-0.39, 0.29) is 23.7 Å². The summed E-state index contributed by atoms with van der Waals surface area (Å²) >= 11 is 0. The second-order valence-corrected chi connectivity index (χ2v) is 5.58. The van der Waals surface area contributed by atoms with Crippen molar-refractivity contribution in [2.24, 2.45) is 0 Å². The summed E-state index contributed by atoms with van der Waals surface area (Å²) in [5.41, 5.74) is 0.0259. The average Bonchev–Trinajstić information content (AvgIpc) is 2.62. The molecule has 2 fully saturated rings. The van der Waals surface area contributed by atoms with Gasteiger partial charge in [-0.2, -0.15) is 0 Å². The summed E-state index contributed by atoms with van der Waals surface area (Å²) in [6, 6.07) is 0. The maximum absolute atomic E-state index is 12.2. The van der Waals surface area contributed by atoms with Gasteiger partial charge in [-0.25, -0.2) is 0 Å². The molecule has 16 heavy (non-hydrogen) atoms. The molecule has 4 heteroatoms. The molecule has 0 saturated carbocycles. The third-order valence-corrected chi connectivity index (χ3v) is 3.39. The molecule has 92 valence electrons. The zero-order chi connectivity index (χ0) is 11.8. The molecule has 0 spiro atoms. The summed E-state index contributed by atoms with van der Waals surface area (Å²) in [5.74, 6) is 0.180. The Labute approximate surface area is 97.3 Å². The van der Waals surface area contributed by atoms with Gasteiger partial charge in [-0.15, -0.1) is 0 Å². The lowest BCUT2D eigenvalue weighted by molar-refractivity contribution is -0.144. The van der Waals surface area contributed by atoms with E-state index in [9.17, 15) is 4.79 Å². The summed E-state index contributed by atoms with van der Waals surface area (Å²) in [7, 11) is 0. The van der Waals surface area contributed by atoms with E-state index in [4.69, 9.17) is 4.74 Å². The first-order valence-electron chi connectivity index (χ1n) is 6.17. The van der Waals surface area contributed by atoms with Crippen LogP contribution in [0, 0.1) is 0 Å². The largest absolute Gasteiger partial charge is 0.365 e. The van der Waals surface area contributed by atoms with E-state index in [1.54, 1.807) is 0 Å². The van der Waals surface area contributed by atoms with Gasteiger partial charge in [0.2, 0.25) is 0 Å². The van der Waals surface area contributed by atoms with Crippen molar-refractivity contribution in [1.29, 1.82) is 0 Å². The topological polar surface area (TPSA) is 41.6 Å². The van der Waals surface area contributed by atoms with Crippen LogP contribution in [0.4, 0.5) is 0 Å². The Hall–Kier alpha value is -0.610. The summed E-state index contributed by atoms with van der Waals surface area (Å²) in [4.78, 5) is 14.2. The van der Waals surface area contributed by atoms with E-state index in [2.05, 4.69) is 19.2 Å². The smallest absolute Gasteiger partial charge is 0.251 e.